The van der Waals surface area contributed by atoms with Crippen LogP contribution in [0, 0.1) is 0 Å². The van der Waals surface area contributed by atoms with E-state index in [1.165, 1.54) is 30.6 Å². The number of anilines is 1. The summed E-state index contributed by atoms with van der Waals surface area (Å²) in [6.07, 6.45) is 4.70. The van der Waals surface area contributed by atoms with Gasteiger partial charge >= 0.3 is 0 Å². The summed E-state index contributed by atoms with van der Waals surface area (Å²) in [4.78, 5) is 13.2. The van der Waals surface area contributed by atoms with E-state index < -0.39 is 0 Å². The zero-order valence-electron chi connectivity index (χ0n) is 16.1. The predicted molar refractivity (Wildman–Crippen MR) is 117 cm³/mol. The molecule has 6 heteroatoms. The Morgan fingerprint density at radius 3 is 2.54 bits per heavy atom. The number of thiophene rings is 1. The molecule has 0 bridgehead atoms. The predicted octanol–water partition coefficient (Wildman–Crippen LogP) is 6.77. The highest BCUT2D eigenvalue weighted by Gasteiger charge is 2.17. The lowest BCUT2D eigenvalue weighted by Gasteiger charge is -2.08. The number of fused-ring (bicyclic) bond motifs is 1. The molecule has 0 aliphatic carbocycles. The molecule has 148 valence electrons. The number of unbranched alkanes of at least 4 members (excludes halogenated alkanes) is 3. The van der Waals surface area contributed by atoms with Crippen LogP contribution in [0.3, 0.4) is 0 Å². The second-order valence-electron chi connectivity index (χ2n) is 6.49. The lowest BCUT2D eigenvalue weighted by Crippen LogP contribution is -2.10. The monoisotopic (exact) mass is 417 g/mol. The Morgan fingerprint density at radius 1 is 1.07 bits per heavy atom. The van der Waals surface area contributed by atoms with Crippen molar-refractivity contribution in [2.24, 2.45) is 0 Å². The molecule has 0 fully saturated rings. The van der Waals surface area contributed by atoms with Crippen molar-refractivity contribution in [3.05, 3.63) is 52.4 Å². The van der Waals surface area contributed by atoms with E-state index in [9.17, 15) is 4.79 Å². The number of nitrogens with one attached hydrogen (secondary N) is 1. The number of rotatable bonds is 9. The molecule has 2 aromatic carbocycles. The normalized spacial score (nSPS) is 10.8. The Bertz CT molecular complexity index is 937. The molecule has 28 heavy (non-hydrogen) atoms. The molecule has 0 saturated heterocycles. The van der Waals surface area contributed by atoms with Crippen molar-refractivity contribution in [3.63, 3.8) is 0 Å². The average molecular weight is 418 g/mol. The van der Waals surface area contributed by atoms with E-state index in [0.29, 0.717) is 22.2 Å². The fourth-order valence-corrected chi connectivity index (χ4v) is 4.30. The minimum Gasteiger partial charge on any atom is -0.497 e. The van der Waals surface area contributed by atoms with Crippen molar-refractivity contribution < 1.29 is 14.3 Å². The molecule has 0 spiro atoms. The van der Waals surface area contributed by atoms with Gasteiger partial charge in [0.15, 0.2) is 0 Å². The van der Waals surface area contributed by atoms with E-state index in [0.717, 1.165) is 28.0 Å². The largest absolute Gasteiger partial charge is 0.497 e. The first-order chi connectivity index (χ1) is 13.6. The van der Waals surface area contributed by atoms with Gasteiger partial charge in [0.25, 0.3) is 5.91 Å². The lowest BCUT2D eigenvalue weighted by molar-refractivity contribution is 0.103. The molecule has 3 aromatic rings. The molecular weight excluding hydrogens is 394 g/mol. The van der Waals surface area contributed by atoms with Gasteiger partial charge in [-0.2, -0.15) is 0 Å². The maximum Gasteiger partial charge on any atom is 0.267 e. The van der Waals surface area contributed by atoms with Gasteiger partial charge < -0.3 is 14.8 Å². The third-order valence-corrected chi connectivity index (χ3v) is 6.08. The van der Waals surface area contributed by atoms with Crippen LogP contribution in [-0.4, -0.2) is 19.6 Å². The number of methoxy groups -OCH3 is 1. The summed E-state index contributed by atoms with van der Waals surface area (Å²) < 4.78 is 11.9. The van der Waals surface area contributed by atoms with Crippen molar-refractivity contribution in [2.45, 2.75) is 32.6 Å². The van der Waals surface area contributed by atoms with E-state index >= 15 is 0 Å². The summed E-state index contributed by atoms with van der Waals surface area (Å²) in [6, 6.07) is 13.0. The number of carbonyl (C=O) groups excluding carboxylic acids is 1. The zero-order chi connectivity index (χ0) is 19.9. The Morgan fingerprint density at radius 2 is 1.82 bits per heavy atom. The molecule has 1 N–H and O–H groups in total. The minimum absolute atomic E-state index is 0.224. The second kappa shape index (κ2) is 9.80. The van der Waals surface area contributed by atoms with Crippen LogP contribution < -0.4 is 14.8 Å². The van der Waals surface area contributed by atoms with Crippen LogP contribution in [0.1, 0.15) is 42.3 Å². The molecule has 0 unspecified atom stereocenters. The van der Waals surface area contributed by atoms with Gasteiger partial charge in [-0.1, -0.05) is 37.8 Å². The van der Waals surface area contributed by atoms with E-state index in [4.69, 9.17) is 21.1 Å². The first kappa shape index (κ1) is 20.5. The number of carbonyl (C=O) groups is 1. The number of benzene rings is 2. The Balaban J connectivity index is 1.63. The van der Waals surface area contributed by atoms with Gasteiger partial charge in [-0.05, 0) is 48.9 Å². The first-order valence-electron chi connectivity index (χ1n) is 9.42. The first-order valence-corrected chi connectivity index (χ1v) is 10.6. The van der Waals surface area contributed by atoms with Crippen LogP contribution >= 0.6 is 22.9 Å². The van der Waals surface area contributed by atoms with Gasteiger partial charge in [-0.25, -0.2) is 0 Å². The molecule has 3 rings (SSSR count). The summed E-state index contributed by atoms with van der Waals surface area (Å²) in [6.45, 7) is 2.91. The third-order valence-electron chi connectivity index (χ3n) is 4.42. The van der Waals surface area contributed by atoms with Crippen LogP contribution in [0.25, 0.3) is 10.1 Å². The number of amides is 1. The van der Waals surface area contributed by atoms with Gasteiger partial charge in [-0.15, -0.1) is 11.3 Å². The van der Waals surface area contributed by atoms with E-state index in [-0.39, 0.29) is 5.91 Å². The average Bonchev–Trinajstić information content (AvgIpc) is 3.05. The highest BCUT2D eigenvalue weighted by molar-refractivity contribution is 7.21. The molecule has 0 saturated carbocycles. The van der Waals surface area contributed by atoms with Crippen LogP contribution in [-0.2, 0) is 0 Å². The van der Waals surface area contributed by atoms with Gasteiger partial charge in [0.2, 0.25) is 0 Å². The van der Waals surface area contributed by atoms with Crippen LogP contribution in [0.15, 0.2) is 42.5 Å². The minimum atomic E-state index is -0.224. The van der Waals surface area contributed by atoms with Gasteiger partial charge in [0.05, 0.1) is 18.7 Å². The molecule has 0 atom stereocenters. The maximum absolute atomic E-state index is 12.7. The number of halogens is 1. The van der Waals surface area contributed by atoms with Crippen molar-refractivity contribution in [1.29, 1.82) is 0 Å². The molecule has 0 aliphatic heterocycles. The summed E-state index contributed by atoms with van der Waals surface area (Å²) in [5.74, 6) is 1.32. The molecular formula is C22H24ClNO3S. The third kappa shape index (κ3) is 4.97. The Hall–Kier alpha value is -2.24. The summed E-state index contributed by atoms with van der Waals surface area (Å²) in [5, 5.41) is 4.22. The number of hydrogen-bond donors (Lipinski definition) is 1. The molecule has 1 heterocycles. The SMILES string of the molecule is CCCCCCOc1ccc(NC(=O)c2sc3cc(OC)ccc3c2Cl)cc1. The van der Waals surface area contributed by atoms with Crippen molar-refractivity contribution in [2.75, 3.05) is 19.0 Å². The second-order valence-corrected chi connectivity index (χ2v) is 7.93. The summed E-state index contributed by atoms with van der Waals surface area (Å²) in [5.41, 5.74) is 0.703. The molecule has 4 nitrogen and oxygen atoms in total. The number of ether oxygens (including phenoxy) is 2. The zero-order valence-corrected chi connectivity index (χ0v) is 17.7. The van der Waals surface area contributed by atoms with Gasteiger partial charge in [0, 0.05) is 15.8 Å². The summed E-state index contributed by atoms with van der Waals surface area (Å²) >= 11 is 7.77. The van der Waals surface area contributed by atoms with E-state index in [1.54, 1.807) is 7.11 Å². The molecule has 1 amide bonds. The molecule has 0 radical (unpaired) electrons. The van der Waals surface area contributed by atoms with Gasteiger partial charge in [-0.3, -0.25) is 4.79 Å². The fourth-order valence-electron chi connectivity index (χ4n) is 2.86. The molecule has 0 aliphatic rings. The highest BCUT2D eigenvalue weighted by atomic mass is 35.5. The summed E-state index contributed by atoms with van der Waals surface area (Å²) in [7, 11) is 1.61. The Labute approximate surface area is 174 Å². The van der Waals surface area contributed by atoms with Crippen molar-refractivity contribution in [3.8, 4) is 11.5 Å². The van der Waals surface area contributed by atoms with Crippen LogP contribution in [0.5, 0.6) is 11.5 Å². The van der Waals surface area contributed by atoms with Crippen molar-refractivity contribution in [1.82, 2.24) is 0 Å². The van der Waals surface area contributed by atoms with Crippen LogP contribution in [0.2, 0.25) is 5.02 Å². The number of hydrogen-bond acceptors (Lipinski definition) is 4. The standard InChI is InChI=1S/C22H24ClNO3S/c1-3-4-5-6-13-27-16-9-7-15(8-10-16)24-22(25)21-20(23)18-12-11-17(26-2)14-19(18)28-21/h7-12,14H,3-6,13H2,1-2H3,(H,24,25). The van der Waals surface area contributed by atoms with Crippen molar-refractivity contribution >= 4 is 44.6 Å². The van der Waals surface area contributed by atoms with E-state index in [2.05, 4.69) is 12.2 Å². The highest BCUT2D eigenvalue weighted by Crippen LogP contribution is 2.37. The Kier molecular flexibility index (Phi) is 7.18. The lowest BCUT2D eigenvalue weighted by atomic mass is 10.2. The van der Waals surface area contributed by atoms with E-state index in [1.807, 2.05) is 42.5 Å². The van der Waals surface area contributed by atoms with Gasteiger partial charge in [0.1, 0.15) is 16.4 Å². The quantitative estimate of drug-likeness (QED) is 0.390. The maximum atomic E-state index is 12.7. The molecule has 1 aromatic heterocycles. The smallest absolute Gasteiger partial charge is 0.267 e. The fraction of sp³-hybridized carbons (Fsp3) is 0.318. The van der Waals surface area contributed by atoms with Crippen LogP contribution in [0.4, 0.5) is 5.69 Å². The topological polar surface area (TPSA) is 47.6 Å².